The highest BCUT2D eigenvalue weighted by Gasteiger charge is 2.32. The van der Waals surface area contributed by atoms with Crippen molar-refractivity contribution < 1.29 is 14.7 Å². The second kappa shape index (κ2) is 5.81. The molecule has 0 aliphatic carbocycles. The fraction of sp³-hybridized carbons (Fsp3) is 0.533. The van der Waals surface area contributed by atoms with Crippen LogP contribution in [0.1, 0.15) is 46.5 Å². The molecule has 21 heavy (non-hydrogen) atoms. The maximum Gasteiger partial charge on any atom is 0.337 e. The molecule has 2 aliphatic heterocycles. The van der Waals surface area contributed by atoms with Gasteiger partial charge in [-0.1, -0.05) is 0 Å². The van der Waals surface area contributed by atoms with Crippen LogP contribution in [0, 0.1) is 0 Å². The lowest BCUT2D eigenvalue weighted by Gasteiger charge is -2.35. The van der Waals surface area contributed by atoms with Crippen LogP contribution in [0.3, 0.4) is 0 Å². The monoisotopic (exact) mass is 289 g/mol. The summed E-state index contributed by atoms with van der Waals surface area (Å²) in [7, 11) is 0. The van der Waals surface area contributed by atoms with Gasteiger partial charge in [-0.05, 0) is 44.4 Å². The molecule has 1 amide bonds. The van der Waals surface area contributed by atoms with Crippen LogP contribution in [-0.4, -0.2) is 52.0 Å². The number of piperidine rings is 1. The number of nitrogens with one attached hydrogen (secondary N) is 1. The van der Waals surface area contributed by atoms with Crippen molar-refractivity contribution in [2.24, 2.45) is 0 Å². The predicted molar refractivity (Wildman–Crippen MR) is 76.3 cm³/mol. The van der Waals surface area contributed by atoms with Gasteiger partial charge in [0.2, 0.25) is 0 Å². The lowest BCUT2D eigenvalue weighted by molar-refractivity contribution is 0.0695. The molecule has 0 radical (unpaired) electrons. The molecule has 2 atom stereocenters. The Labute approximate surface area is 123 Å². The van der Waals surface area contributed by atoms with Crippen molar-refractivity contribution >= 4 is 11.9 Å². The highest BCUT2D eigenvalue weighted by molar-refractivity contribution is 5.93. The summed E-state index contributed by atoms with van der Waals surface area (Å²) < 4.78 is 0. The van der Waals surface area contributed by atoms with E-state index in [0.717, 1.165) is 19.4 Å². The topological polar surface area (TPSA) is 82.5 Å². The molecule has 3 heterocycles. The van der Waals surface area contributed by atoms with Gasteiger partial charge in [0.1, 0.15) is 5.69 Å². The van der Waals surface area contributed by atoms with Crippen molar-refractivity contribution in [2.75, 3.05) is 13.1 Å². The highest BCUT2D eigenvalue weighted by atomic mass is 16.4. The molecule has 112 valence electrons. The molecule has 1 aromatic heterocycles. The minimum absolute atomic E-state index is 0.0887. The number of amides is 1. The lowest BCUT2D eigenvalue weighted by Crippen LogP contribution is -2.47. The Morgan fingerprint density at radius 1 is 1.29 bits per heavy atom. The molecule has 6 heteroatoms. The lowest BCUT2D eigenvalue weighted by atomic mass is 9.97. The maximum atomic E-state index is 12.2. The fourth-order valence-corrected chi connectivity index (χ4v) is 3.27. The first-order chi connectivity index (χ1) is 10.1. The molecule has 2 unspecified atom stereocenters. The summed E-state index contributed by atoms with van der Waals surface area (Å²) in [5.41, 5.74) is 0.361. The number of rotatable bonds is 3. The van der Waals surface area contributed by atoms with Crippen LogP contribution in [0.4, 0.5) is 0 Å². The van der Waals surface area contributed by atoms with Gasteiger partial charge in [-0.15, -0.1) is 0 Å². The molecule has 2 saturated heterocycles. The van der Waals surface area contributed by atoms with Crippen molar-refractivity contribution in [2.45, 2.75) is 37.8 Å². The average molecular weight is 289 g/mol. The first kappa shape index (κ1) is 14.0. The number of pyridine rings is 1. The Morgan fingerprint density at radius 2 is 2.14 bits per heavy atom. The number of nitrogens with zero attached hydrogens (tertiary/aromatic N) is 2. The Kier molecular flexibility index (Phi) is 3.88. The zero-order valence-corrected chi connectivity index (χ0v) is 11.8. The summed E-state index contributed by atoms with van der Waals surface area (Å²) in [6.45, 7) is 2.23. The highest BCUT2D eigenvalue weighted by Crippen LogP contribution is 2.26. The first-order valence-corrected chi connectivity index (χ1v) is 7.38. The first-order valence-electron chi connectivity index (χ1n) is 7.38. The number of carboxylic acid groups (broad SMARTS) is 1. The zero-order valence-electron chi connectivity index (χ0n) is 11.8. The van der Waals surface area contributed by atoms with Gasteiger partial charge in [0.05, 0.1) is 5.56 Å². The molecule has 2 aliphatic rings. The SMILES string of the molecule is O=C(O)c1ccc(C(=O)NC2CCN3CCCC3C2)nc1. The Bertz CT molecular complexity index is 544. The van der Waals surface area contributed by atoms with Crippen LogP contribution in [0.5, 0.6) is 0 Å². The van der Waals surface area contributed by atoms with Gasteiger partial charge in [-0.3, -0.25) is 9.78 Å². The molecule has 2 fully saturated rings. The number of fused-ring (bicyclic) bond motifs is 1. The van der Waals surface area contributed by atoms with Gasteiger partial charge >= 0.3 is 5.97 Å². The van der Waals surface area contributed by atoms with Crippen LogP contribution >= 0.6 is 0 Å². The summed E-state index contributed by atoms with van der Waals surface area (Å²) in [5, 5.41) is 11.8. The van der Waals surface area contributed by atoms with Gasteiger partial charge in [0, 0.05) is 24.8 Å². The van der Waals surface area contributed by atoms with Gasteiger partial charge in [-0.2, -0.15) is 0 Å². The van der Waals surface area contributed by atoms with Gasteiger partial charge in [0.15, 0.2) is 0 Å². The van der Waals surface area contributed by atoms with E-state index in [1.54, 1.807) is 0 Å². The summed E-state index contributed by atoms with van der Waals surface area (Å²) in [5.74, 6) is -1.26. The number of aromatic nitrogens is 1. The van der Waals surface area contributed by atoms with Crippen LogP contribution in [-0.2, 0) is 0 Å². The molecule has 6 nitrogen and oxygen atoms in total. The normalized spacial score (nSPS) is 25.3. The molecular weight excluding hydrogens is 270 g/mol. The number of aromatic carboxylic acids is 1. The van der Waals surface area contributed by atoms with E-state index < -0.39 is 5.97 Å². The molecule has 2 N–H and O–H groups in total. The van der Waals surface area contributed by atoms with Crippen molar-refractivity contribution in [3.63, 3.8) is 0 Å². The van der Waals surface area contributed by atoms with E-state index in [9.17, 15) is 9.59 Å². The Hall–Kier alpha value is -1.95. The summed E-state index contributed by atoms with van der Waals surface area (Å²) >= 11 is 0. The third kappa shape index (κ3) is 3.05. The van der Waals surface area contributed by atoms with Crippen LogP contribution in [0.15, 0.2) is 18.3 Å². The minimum Gasteiger partial charge on any atom is -0.478 e. The van der Waals surface area contributed by atoms with Crippen LogP contribution < -0.4 is 5.32 Å². The Morgan fingerprint density at radius 3 is 2.86 bits per heavy atom. The molecule has 0 bridgehead atoms. The van der Waals surface area contributed by atoms with Gasteiger partial charge in [-0.25, -0.2) is 4.79 Å². The van der Waals surface area contributed by atoms with E-state index in [1.165, 1.54) is 37.7 Å². The van der Waals surface area contributed by atoms with E-state index in [1.807, 2.05) is 0 Å². The number of carbonyl (C=O) groups excluding carboxylic acids is 1. The third-order valence-corrected chi connectivity index (χ3v) is 4.40. The van der Waals surface area contributed by atoms with Crippen molar-refractivity contribution in [3.8, 4) is 0 Å². The Balaban J connectivity index is 1.59. The van der Waals surface area contributed by atoms with E-state index in [2.05, 4.69) is 15.2 Å². The maximum absolute atomic E-state index is 12.2. The van der Waals surface area contributed by atoms with Crippen LogP contribution in [0.25, 0.3) is 0 Å². The zero-order chi connectivity index (χ0) is 14.8. The van der Waals surface area contributed by atoms with Gasteiger partial charge in [0.25, 0.3) is 5.91 Å². The number of hydrogen-bond acceptors (Lipinski definition) is 4. The largest absolute Gasteiger partial charge is 0.478 e. The molecule has 1 aromatic rings. The summed E-state index contributed by atoms with van der Waals surface area (Å²) in [6.07, 6.45) is 5.66. The molecule has 3 rings (SSSR count). The van der Waals surface area contributed by atoms with Crippen molar-refractivity contribution in [1.29, 1.82) is 0 Å². The van der Waals surface area contributed by atoms with Crippen molar-refractivity contribution in [1.82, 2.24) is 15.2 Å². The number of carbonyl (C=O) groups is 2. The third-order valence-electron chi connectivity index (χ3n) is 4.40. The fourth-order valence-electron chi connectivity index (χ4n) is 3.27. The molecule has 0 saturated carbocycles. The minimum atomic E-state index is -1.04. The average Bonchev–Trinajstić information content (AvgIpc) is 2.95. The second-order valence-electron chi connectivity index (χ2n) is 5.76. The van der Waals surface area contributed by atoms with Crippen molar-refractivity contribution in [3.05, 3.63) is 29.6 Å². The summed E-state index contributed by atoms with van der Waals surface area (Å²) in [6, 6.07) is 3.66. The standard InChI is InChI=1S/C15H19N3O3/c19-14(13-4-3-10(9-16-13)15(20)21)17-11-5-7-18-6-1-2-12(18)8-11/h3-4,9,11-12H,1-2,5-8H2,(H,17,19)(H,20,21). The number of carboxylic acids is 1. The summed E-state index contributed by atoms with van der Waals surface area (Å²) in [4.78, 5) is 29.3. The molecule has 0 aromatic carbocycles. The van der Waals surface area contributed by atoms with E-state index in [4.69, 9.17) is 5.11 Å². The quantitative estimate of drug-likeness (QED) is 0.872. The molecule has 0 spiro atoms. The molecular formula is C15H19N3O3. The smallest absolute Gasteiger partial charge is 0.337 e. The number of hydrogen-bond donors (Lipinski definition) is 2. The van der Waals surface area contributed by atoms with Gasteiger partial charge < -0.3 is 15.3 Å². The van der Waals surface area contributed by atoms with E-state index in [-0.39, 0.29) is 23.2 Å². The second-order valence-corrected chi connectivity index (χ2v) is 5.76. The van der Waals surface area contributed by atoms with E-state index in [0.29, 0.717) is 6.04 Å². The predicted octanol–water partition coefficient (Wildman–Crippen LogP) is 1.14. The van der Waals surface area contributed by atoms with Crippen LogP contribution in [0.2, 0.25) is 0 Å². The van der Waals surface area contributed by atoms with E-state index >= 15 is 0 Å².